The fourth-order valence-electron chi connectivity index (χ4n) is 2.51. The largest absolute Gasteiger partial charge is 0.480 e. The van der Waals surface area contributed by atoms with E-state index in [9.17, 15) is 14.4 Å². The average molecular weight is 318 g/mol. The van der Waals surface area contributed by atoms with E-state index in [1.165, 1.54) is 5.56 Å². The quantitative estimate of drug-likeness (QED) is 0.703. The predicted molar refractivity (Wildman–Crippen MR) is 84.9 cm³/mol. The second-order valence-corrected chi connectivity index (χ2v) is 6.05. The van der Waals surface area contributed by atoms with Crippen molar-refractivity contribution in [3.63, 3.8) is 0 Å². The van der Waals surface area contributed by atoms with E-state index >= 15 is 0 Å². The molecule has 0 radical (unpaired) electrons. The molecular weight excluding hydrogens is 296 g/mol. The first-order valence-corrected chi connectivity index (χ1v) is 7.78. The molecule has 23 heavy (non-hydrogen) atoms. The smallest absolute Gasteiger partial charge is 0.329 e. The maximum Gasteiger partial charge on any atom is 0.329 e. The predicted octanol–water partition coefficient (Wildman–Crippen LogP) is 1.17. The molecule has 6 nitrogen and oxygen atoms in total. The normalized spacial score (nSPS) is 15.3. The lowest BCUT2D eigenvalue weighted by Gasteiger charge is -2.38. The number of amides is 2. The molecule has 1 aromatic rings. The number of carboxylic acids is 1. The fraction of sp³-hybridized carbons (Fsp3) is 0.471. The van der Waals surface area contributed by atoms with Crippen LogP contribution in [0.4, 0.5) is 0 Å². The molecule has 0 aromatic heterocycles. The molecule has 6 heteroatoms. The maximum atomic E-state index is 11.8. The zero-order valence-corrected chi connectivity index (χ0v) is 13.2. The lowest BCUT2D eigenvalue weighted by atomic mass is 9.77. The van der Waals surface area contributed by atoms with Crippen LogP contribution >= 0.6 is 0 Å². The van der Waals surface area contributed by atoms with E-state index in [4.69, 9.17) is 5.11 Å². The minimum absolute atomic E-state index is 0.193. The van der Waals surface area contributed by atoms with E-state index in [1.807, 2.05) is 31.2 Å². The van der Waals surface area contributed by atoms with Gasteiger partial charge in [-0.25, -0.2) is 4.79 Å². The van der Waals surface area contributed by atoms with Crippen molar-refractivity contribution in [2.24, 2.45) is 0 Å². The first kappa shape index (κ1) is 17.0. The Hall–Kier alpha value is -2.37. The van der Waals surface area contributed by atoms with Gasteiger partial charge in [-0.05, 0) is 38.2 Å². The number of aryl methyl sites for hydroxylation is 2. The molecule has 0 atom stereocenters. The van der Waals surface area contributed by atoms with Crippen LogP contribution in [0, 0.1) is 6.92 Å². The van der Waals surface area contributed by atoms with Crippen LogP contribution in [0.15, 0.2) is 24.3 Å². The molecule has 2 amide bonds. The van der Waals surface area contributed by atoms with Gasteiger partial charge in [0.15, 0.2) is 0 Å². The summed E-state index contributed by atoms with van der Waals surface area (Å²) < 4.78 is 0. The Morgan fingerprint density at radius 2 is 1.78 bits per heavy atom. The summed E-state index contributed by atoms with van der Waals surface area (Å²) in [4.78, 5) is 34.7. The minimum Gasteiger partial charge on any atom is -0.480 e. The van der Waals surface area contributed by atoms with Gasteiger partial charge >= 0.3 is 5.97 Å². The Kier molecular flexibility index (Phi) is 5.36. The lowest BCUT2D eigenvalue weighted by molar-refractivity contribution is -0.151. The molecule has 1 saturated carbocycles. The fourth-order valence-corrected chi connectivity index (χ4v) is 2.51. The van der Waals surface area contributed by atoms with Gasteiger partial charge < -0.3 is 15.7 Å². The number of aliphatic carboxylic acids is 1. The number of carbonyl (C=O) groups is 3. The molecular formula is C17H22N2O4. The SMILES string of the molecule is Cc1ccc(CCC(=O)NCC(=O)NC2(C(=O)O)CCC2)cc1. The highest BCUT2D eigenvalue weighted by atomic mass is 16.4. The first-order valence-electron chi connectivity index (χ1n) is 7.78. The summed E-state index contributed by atoms with van der Waals surface area (Å²) >= 11 is 0. The van der Waals surface area contributed by atoms with Crippen molar-refractivity contribution < 1.29 is 19.5 Å². The number of carbonyl (C=O) groups excluding carboxylic acids is 2. The van der Waals surface area contributed by atoms with Crippen LogP contribution in [-0.2, 0) is 20.8 Å². The standard InChI is InChI=1S/C17H22N2O4/c1-12-3-5-13(6-4-12)7-8-14(20)18-11-15(21)19-17(16(22)23)9-2-10-17/h3-6H,2,7-11H2,1H3,(H,18,20)(H,19,21)(H,22,23). The zero-order valence-electron chi connectivity index (χ0n) is 13.2. The Morgan fingerprint density at radius 1 is 1.13 bits per heavy atom. The average Bonchev–Trinajstić information content (AvgIpc) is 2.48. The van der Waals surface area contributed by atoms with Gasteiger partial charge in [0.25, 0.3) is 0 Å². The molecule has 3 N–H and O–H groups in total. The van der Waals surface area contributed by atoms with Gasteiger partial charge in [-0.2, -0.15) is 0 Å². The van der Waals surface area contributed by atoms with E-state index in [0.29, 0.717) is 25.7 Å². The van der Waals surface area contributed by atoms with Crippen LogP contribution in [-0.4, -0.2) is 35.0 Å². The van der Waals surface area contributed by atoms with Crippen molar-refractivity contribution in [2.45, 2.75) is 44.6 Å². The van der Waals surface area contributed by atoms with Crippen molar-refractivity contribution in [1.29, 1.82) is 0 Å². The first-order chi connectivity index (χ1) is 10.9. The molecule has 1 fully saturated rings. The summed E-state index contributed by atoms with van der Waals surface area (Å²) in [6.07, 6.45) is 2.56. The van der Waals surface area contributed by atoms with Gasteiger partial charge in [-0.15, -0.1) is 0 Å². The highest BCUT2D eigenvalue weighted by Gasteiger charge is 2.45. The molecule has 1 aliphatic carbocycles. The van der Waals surface area contributed by atoms with E-state index in [0.717, 1.165) is 12.0 Å². The van der Waals surface area contributed by atoms with Crippen molar-refractivity contribution in [3.05, 3.63) is 35.4 Å². The van der Waals surface area contributed by atoms with E-state index in [-0.39, 0.29) is 12.5 Å². The number of carboxylic acid groups (broad SMARTS) is 1. The number of hydrogen-bond donors (Lipinski definition) is 3. The zero-order chi connectivity index (χ0) is 16.9. The molecule has 1 aliphatic rings. The van der Waals surface area contributed by atoms with Gasteiger partial charge in [0, 0.05) is 6.42 Å². The Bertz CT molecular complexity index is 591. The van der Waals surface area contributed by atoms with Crippen molar-refractivity contribution in [2.75, 3.05) is 6.54 Å². The Balaban J connectivity index is 1.70. The van der Waals surface area contributed by atoms with Gasteiger partial charge in [0.2, 0.25) is 11.8 Å². The lowest BCUT2D eigenvalue weighted by Crippen LogP contribution is -2.60. The molecule has 0 spiro atoms. The van der Waals surface area contributed by atoms with E-state index in [1.54, 1.807) is 0 Å². The van der Waals surface area contributed by atoms with Crippen molar-refractivity contribution in [1.82, 2.24) is 10.6 Å². The molecule has 0 bridgehead atoms. The third kappa shape index (κ3) is 4.55. The van der Waals surface area contributed by atoms with Crippen LogP contribution in [0.5, 0.6) is 0 Å². The number of benzene rings is 1. The third-order valence-electron chi connectivity index (χ3n) is 4.20. The number of hydrogen-bond acceptors (Lipinski definition) is 3. The minimum atomic E-state index is -1.14. The van der Waals surface area contributed by atoms with Gasteiger partial charge in [-0.3, -0.25) is 9.59 Å². The van der Waals surface area contributed by atoms with Crippen LogP contribution in [0.25, 0.3) is 0 Å². The highest BCUT2D eigenvalue weighted by molar-refractivity contribution is 5.90. The second kappa shape index (κ2) is 7.26. The number of nitrogens with one attached hydrogen (secondary N) is 2. The van der Waals surface area contributed by atoms with E-state index in [2.05, 4.69) is 10.6 Å². The summed E-state index contributed by atoms with van der Waals surface area (Å²) in [5.41, 5.74) is 1.09. The van der Waals surface area contributed by atoms with Crippen LogP contribution < -0.4 is 10.6 Å². The maximum absolute atomic E-state index is 11.8. The molecule has 0 heterocycles. The Labute approximate surface area is 135 Å². The van der Waals surface area contributed by atoms with Crippen LogP contribution in [0.2, 0.25) is 0 Å². The molecule has 0 saturated heterocycles. The van der Waals surface area contributed by atoms with Crippen LogP contribution in [0.1, 0.15) is 36.8 Å². The topological polar surface area (TPSA) is 95.5 Å². The molecule has 0 aliphatic heterocycles. The summed E-state index contributed by atoms with van der Waals surface area (Å²) in [5.74, 6) is -1.70. The highest BCUT2D eigenvalue weighted by Crippen LogP contribution is 2.31. The van der Waals surface area contributed by atoms with Crippen molar-refractivity contribution in [3.8, 4) is 0 Å². The summed E-state index contributed by atoms with van der Waals surface area (Å²) in [6.45, 7) is 1.81. The molecule has 2 rings (SSSR count). The third-order valence-corrected chi connectivity index (χ3v) is 4.20. The van der Waals surface area contributed by atoms with Gasteiger partial charge in [0.05, 0.1) is 6.54 Å². The molecule has 124 valence electrons. The van der Waals surface area contributed by atoms with Gasteiger partial charge in [-0.1, -0.05) is 29.8 Å². The summed E-state index contributed by atoms with van der Waals surface area (Å²) in [5, 5.41) is 14.2. The van der Waals surface area contributed by atoms with E-state index < -0.39 is 17.4 Å². The van der Waals surface area contributed by atoms with Gasteiger partial charge in [0.1, 0.15) is 5.54 Å². The Morgan fingerprint density at radius 3 is 2.30 bits per heavy atom. The summed E-state index contributed by atoms with van der Waals surface area (Å²) in [6, 6.07) is 7.93. The summed E-state index contributed by atoms with van der Waals surface area (Å²) in [7, 11) is 0. The monoisotopic (exact) mass is 318 g/mol. The van der Waals surface area contributed by atoms with Crippen molar-refractivity contribution >= 4 is 17.8 Å². The molecule has 0 unspecified atom stereocenters. The molecule has 1 aromatic carbocycles. The van der Waals surface area contributed by atoms with Crippen LogP contribution in [0.3, 0.4) is 0 Å². The number of rotatable bonds is 7. The second-order valence-electron chi connectivity index (χ2n) is 6.05.